The Morgan fingerprint density at radius 2 is 1.94 bits per heavy atom. The number of aromatic hydroxyl groups is 1. The Bertz CT molecular complexity index is 614. The zero-order valence-corrected chi connectivity index (χ0v) is 8.97. The molecule has 0 spiro atoms. The first-order chi connectivity index (χ1) is 8.22. The van der Waals surface area contributed by atoms with Crippen LogP contribution < -0.4 is 5.32 Å². The van der Waals surface area contributed by atoms with Gasteiger partial charge in [-0.15, -0.1) is 0 Å². The molecule has 0 aliphatic heterocycles. The van der Waals surface area contributed by atoms with Gasteiger partial charge in [-0.25, -0.2) is 0 Å². The Morgan fingerprint density at radius 3 is 2.71 bits per heavy atom. The fourth-order valence-corrected chi connectivity index (χ4v) is 1.67. The number of amides is 1. The number of rotatable bonds is 2. The van der Waals surface area contributed by atoms with Crippen molar-refractivity contribution >= 4 is 22.4 Å². The topological polar surface area (TPSA) is 73.1 Å². The quantitative estimate of drug-likeness (QED) is 0.825. The summed E-state index contributed by atoms with van der Waals surface area (Å²) in [6.07, 6.45) is -0.185. The lowest BCUT2D eigenvalue weighted by molar-refractivity contribution is -0.115. The summed E-state index contributed by atoms with van der Waals surface area (Å²) in [6.45, 7) is 0. The number of hydrogen-bond acceptors (Lipinski definition) is 3. The van der Waals surface area contributed by atoms with Gasteiger partial charge in [0.05, 0.1) is 6.07 Å². The van der Waals surface area contributed by atoms with Crippen molar-refractivity contribution in [3.05, 3.63) is 36.4 Å². The van der Waals surface area contributed by atoms with Crippen molar-refractivity contribution in [3.8, 4) is 11.8 Å². The van der Waals surface area contributed by atoms with E-state index in [1.807, 2.05) is 0 Å². The summed E-state index contributed by atoms with van der Waals surface area (Å²) < 4.78 is 0. The molecule has 0 heterocycles. The van der Waals surface area contributed by atoms with Crippen molar-refractivity contribution in [2.24, 2.45) is 0 Å². The van der Waals surface area contributed by atoms with Gasteiger partial charge in [-0.2, -0.15) is 5.26 Å². The Kier molecular flexibility index (Phi) is 2.93. The molecule has 2 aromatic carbocycles. The Morgan fingerprint density at radius 1 is 1.24 bits per heavy atom. The van der Waals surface area contributed by atoms with Gasteiger partial charge in [-0.05, 0) is 12.1 Å². The molecular formula is C13H10N2O2. The Balaban J connectivity index is 2.45. The summed E-state index contributed by atoms with van der Waals surface area (Å²) in [5.74, 6) is -0.192. The van der Waals surface area contributed by atoms with E-state index in [-0.39, 0.29) is 18.1 Å². The van der Waals surface area contributed by atoms with E-state index in [2.05, 4.69) is 5.32 Å². The van der Waals surface area contributed by atoms with Crippen LogP contribution in [-0.4, -0.2) is 11.0 Å². The lowest BCUT2D eigenvalue weighted by Gasteiger charge is -2.08. The van der Waals surface area contributed by atoms with Crippen LogP contribution in [0.5, 0.6) is 5.75 Å². The van der Waals surface area contributed by atoms with E-state index in [4.69, 9.17) is 5.26 Å². The van der Waals surface area contributed by atoms with Crippen LogP contribution in [0.3, 0.4) is 0 Å². The maximum absolute atomic E-state index is 11.3. The van der Waals surface area contributed by atoms with Crippen LogP contribution in [0.4, 0.5) is 5.69 Å². The van der Waals surface area contributed by atoms with E-state index in [9.17, 15) is 9.90 Å². The number of nitrogens with one attached hydrogen (secondary N) is 1. The molecule has 1 amide bonds. The van der Waals surface area contributed by atoms with Crippen LogP contribution in [-0.2, 0) is 4.79 Å². The van der Waals surface area contributed by atoms with Crippen LogP contribution in [0, 0.1) is 11.3 Å². The van der Waals surface area contributed by atoms with Gasteiger partial charge in [-0.3, -0.25) is 4.79 Å². The van der Waals surface area contributed by atoms with Crippen LogP contribution >= 0.6 is 0 Å². The number of fused-ring (bicyclic) bond motifs is 1. The second-order valence-corrected chi connectivity index (χ2v) is 3.56. The third-order valence-electron chi connectivity index (χ3n) is 2.41. The molecular weight excluding hydrogens is 216 g/mol. The zero-order valence-electron chi connectivity index (χ0n) is 8.97. The van der Waals surface area contributed by atoms with Crippen molar-refractivity contribution < 1.29 is 9.90 Å². The van der Waals surface area contributed by atoms with Crippen LogP contribution in [0.1, 0.15) is 6.42 Å². The van der Waals surface area contributed by atoms with Crippen molar-refractivity contribution in [2.45, 2.75) is 6.42 Å². The predicted molar refractivity (Wildman–Crippen MR) is 64.5 cm³/mol. The molecule has 17 heavy (non-hydrogen) atoms. The summed E-state index contributed by atoms with van der Waals surface area (Å²) >= 11 is 0. The molecule has 0 unspecified atom stereocenters. The van der Waals surface area contributed by atoms with Gasteiger partial charge >= 0.3 is 0 Å². The van der Waals surface area contributed by atoms with E-state index >= 15 is 0 Å². The first-order valence-corrected chi connectivity index (χ1v) is 5.10. The molecule has 0 aliphatic rings. The highest BCUT2D eigenvalue weighted by molar-refractivity contribution is 6.04. The Hall–Kier alpha value is -2.54. The molecule has 0 fully saturated rings. The molecule has 0 aliphatic carbocycles. The van der Waals surface area contributed by atoms with E-state index < -0.39 is 0 Å². The SMILES string of the molecule is N#CCC(=O)Nc1cccc2c(O)cccc12. The molecule has 4 nitrogen and oxygen atoms in total. The number of carbonyl (C=O) groups is 1. The minimum absolute atomic E-state index is 0.166. The second kappa shape index (κ2) is 4.54. The normalized spacial score (nSPS) is 9.82. The van der Waals surface area contributed by atoms with E-state index in [0.717, 1.165) is 5.39 Å². The summed E-state index contributed by atoms with van der Waals surface area (Å²) in [6, 6.07) is 12.1. The molecule has 2 aromatic rings. The summed E-state index contributed by atoms with van der Waals surface area (Å²) in [5.41, 5.74) is 0.596. The molecule has 0 saturated carbocycles. The monoisotopic (exact) mass is 226 g/mol. The molecule has 0 saturated heterocycles. The van der Waals surface area contributed by atoms with Gasteiger partial charge in [0.1, 0.15) is 12.2 Å². The van der Waals surface area contributed by atoms with Crippen LogP contribution in [0.25, 0.3) is 10.8 Å². The van der Waals surface area contributed by atoms with Crippen molar-refractivity contribution in [3.63, 3.8) is 0 Å². The van der Waals surface area contributed by atoms with Crippen molar-refractivity contribution in [1.82, 2.24) is 0 Å². The van der Waals surface area contributed by atoms with Gasteiger partial charge < -0.3 is 10.4 Å². The number of hydrogen-bond donors (Lipinski definition) is 2. The highest BCUT2D eigenvalue weighted by atomic mass is 16.3. The number of phenolic OH excluding ortho intramolecular Hbond substituents is 1. The van der Waals surface area contributed by atoms with Gasteiger partial charge in [-0.1, -0.05) is 24.3 Å². The molecule has 4 heteroatoms. The molecule has 0 atom stereocenters. The number of anilines is 1. The van der Waals surface area contributed by atoms with E-state index in [0.29, 0.717) is 11.1 Å². The van der Waals surface area contributed by atoms with Crippen molar-refractivity contribution in [1.29, 1.82) is 5.26 Å². The van der Waals surface area contributed by atoms with Gasteiger partial charge in [0.2, 0.25) is 5.91 Å². The lowest BCUT2D eigenvalue weighted by atomic mass is 10.1. The summed E-state index contributed by atoms with van der Waals surface area (Å²) in [5, 5.41) is 22.1. The number of carbonyl (C=O) groups excluding carboxylic acids is 1. The largest absolute Gasteiger partial charge is 0.507 e. The molecule has 0 aromatic heterocycles. The van der Waals surface area contributed by atoms with Gasteiger partial charge in [0.25, 0.3) is 0 Å². The van der Waals surface area contributed by atoms with E-state index in [1.54, 1.807) is 42.5 Å². The third kappa shape index (κ3) is 2.18. The highest BCUT2D eigenvalue weighted by Crippen LogP contribution is 2.29. The lowest BCUT2D eigenvalue weighted by Crippen LogP contribution is -2.10. The van der Waals surface area contributed by atoms with Gasteiger partial charge in [0, 0.05) is 16.5 Å². The minimum Gasteiger partial charge on any atom is -0.507 e. The number of nitriles is 1. The average Bonchev–Trinajstić information content (AvgIpc) is 2.31. The maximum Gasteiger partial charge on any atom is 0.238 e. The van der Waals surface area contributed by atoms with Crippen LogP contribution in [0.2, 0.25) is 0 Å². The number of nitrogens with zero attached hydrogens (tertiary/aromatic N) is 1. The average molecular weight is 226 g/mol. The summed E-state index contributed by atoms with van der Waals surface area (Å²) in [7, 11) is 0. The fourth-order valence-electron chi connectivity index (χ4n) is 1.67. The highest BCUT2D eigenvalue weighted by Gasteiger charge is 2.06. The number of benzene rings is 2. The molecule has 2 N–H and O–H groups in total. The first-order valence-electron chi connectivity index (χ1n) is 5.10. The molecule has 0 bridgehead atoms. The standard InChI is InChI=1S/C13H10N2O2/c14-8-7-13(17)15-11-5-1-4-10-9(11)3-2-6-12(10)16/h1-6,16H,7H2,(H,15,17). The molecule has 2 rings (SSSR count). The Labute approximate surface area is 98.1 Å². The van der Waals surface area contributed by atoms with Crippen LogP contribution in [0.15, 0.2) is 36.4 Å². The maximum atomic E-state index is 11.3. The van der Waals surface area contributed by atoms with Gasteiger partial charge in [0.15, 0.2) is 0 Å². The minimum atomic E-state index is -0.358. The smallest absolute Gasteiger partial charge is 0.238 e. The van der Waals surface area contributed by atoms with Crippen molar-refractivity contribution in [2.75, 3.05) is 5.32 Å². The zero-order chi connectivity index (χ0) is 12.3. The number of phenols is 1. The second-order valence-electron chi connectivity index (χ2n) is 3.56. The summed E-state index contributed by atoms with van der Waals surface area (Å²) in [4.78, 5) is 11.3. The predicted octanol–water partition coefficient (Wildman–Crippen LogP) is 2.40. The molecule has 0 radical (unpaired) electrons. The van der Waals surface area contributed by atoms with E-state index in [1.165, 1.54) is 0 Å². The first kappa shape index (κ1) is 11.0. The fraction of sp³-hybridized carbons (Fsp3) is 0.0769. The molecule has 84 valence electrons. The third-order valence-corrected chi connectivity index (χ3v) is 2.41.